The SMILES string of the molecule is O=C(O)CC1C(=O)NCCN1Cc1nnc2n1CCCC2. The smallest absolute Gasteiger partial charge is 0.305 e. The highest BCUT2D eigenvalue weighted by molar-refractivity contribution is 5.86. The summed E-state index contributed by atoms with van der Waals surface area (Å²) in [5, 5.41) is 20.1. The predicted octanol–water partition coefficient (Wildman–Crippen LogP) is -0.611. The molecule has 1 fully saturated rings. The van der Waals surface area contributed by atoms with E-state index in [1.807, 2.05) is 4.90 Å². The Labute approximate surface area is 122 Å². The van der Waals surface area contributed by atoms with Crippen molar-refractivity contribution in [3.63, 3.8) is 0 Å². The Morgan fingerprint density at radius 1 is 1.33 bits per heavy atom. The highest BCUT2D eigenvalue weighted by Crippen LogP contribution is 2.18. The van der Waals surface area contributed by atoms with Crippen LogP contribution in [0.15, 0.2) is 0 Å². The molecule has 8 heteroatoms. The Balaban J connectivity index is 1.77. The van der Waals surface area contributed by atoms with Gasteiger partial charge in [0, 0.05) is 26.1 Å². The number of aromatic nitrogens is 3. The van der Waals surface area contributed by atoms with Crippen molar-refractivity contribution in [3.05, 3.63) is 11.6 Å². The Kier molecular flexibility index (Phi) is 3.87. The number of hydrogen-bond acceptors (Lipinski definition) is 5. The van der Waals surface area contributed by atoms with E-state index in [4.69, 9.17) is 5.11 Å². The number of nitrogens with one attached hydrogen (secondary N) is 1. The minimum atomic E-state index is -0.967. The second-order valence-corrected chi connectivity index (χ2v) is 5.52. The number of carboxylic acid groups (broad SMARTS) is 1. The molecule has 2 aliphatic heterocycles. The first-order chi connectivity index (χ1) is 10.1. The minimum Gasteiger partial charge on any atom is -0.481 e. The number of amides is 1. The molecule has 0 aromatic carbocycles. The van der Waals surface area contributed by atoms with Gasteiger partial charge < -0.3 is 15.0 Å². The summed E-state index contributed by atoms with van der Waals surface area (Å²) in [5.74, 6) is 0.634. The van der Waals surface area contributed by atoms with Crippen molar-refractivity contribution in [2.75, 3.05) is 13.1 Å². The Morgan fingerprint density at radius 3 is 3.00 bits per heavy atom. The molecule has 3 rings (SSSR count). The quantitative estimate of drug-likeness (QED) is 0.768. The summed E-state index contributed by atoms with van der Waals surface area (Å²) in [5.41, 5.74) is 0. The first-order valence-electron chi connectivity index (χ1n) is 7.29. The number of aryl methyl sites for hydroxylation is 1. The van der Waals surface area contributed by atoms with Crippen LogP contribution in [0.2, 0.25) is 0 Å². The number of rotatable bonds is 4. The molecule has 0 spiro atoms. The number of carbonyl (C=O) groups is 2. The molecule has 3 heterocycles. The molecule has 1 unspecified atom stereocenters. The maximum absolute atomic E-state index is 11.9. The number of nitrogens with zero attached hydrogens (tertiary/aromatic N) is 4. The fraction of sp³-hybridized carbons (Fsp3) is 0.692. The van der Waals surface area contributed by atoms with Crippen LogP contribution in [0.4, 0.5) is 0 Å². The molecule has 2 aliphatic rings. The van der Waals surface area contributed by atoms with Gasteiger partial charge in [-0.3, -0.25) is 14.5 Å². The van der Waals surface area contributed by atoms with Crippen molar-refractivity contribution in [1.82, 2.24) is 25.0 Å². The monoisotopic (exact) mass is 293 g/mol. The molecule has 0 saturated carbocycles. The van der Waals surface area contributed by atoms with Crippen molar-refractivity contribution in [2.45, 2.75) is 44.8 Å². The van der Waals surface area contributed by atoms with Gasteiger partial charge in [-0.1, -0.05) is 0 Å². The molecular formula is C13H19N5O3. The van der Waals surface area contributed by atoms with Crippen LogP contribution in [0.5, 0.6) is 0 Å². The molecule has 1 aromatic heterocycles. The molecule has 0 radical (unpaired) electrons. The van der Waals surface area contributed by atoms with Crippen LogP contribution in [0.25, 0.3) is 0 Å². The third kappa shape index (κ3) is 2.90. The van der Waals surface area contributed by atoms with Crippen LogP contribution in [0.3, 0.4) is 0 Å². The summed E-state index contributed by atoms with van der Waals surface area (Å²) in [6.07, 6.45) is 2.99. The number of piperazine rings is 1. The minimum absolute atomic E-state index is 0.188. The fourth-order valence-electron chi connectivity index (χ4n) is 3.01. The zero-order valence-electron chi connectivity index (χ0n) is 11.8. The van der Waals surface area contributed by atoms with Crippen molar-refractivity contribution >= 4 is 11.9 Å². The first kappa shape index (κ1) is 14.0. The van der Waals surface area contributed by atoms with Crippen LogP contribution in [-0.4, -0.2) is 55.8 Å². The molecule has 114 valence electrons. The van der Waals surface area contributed by atoms with Crippen LogP contribution in [-0.2, 0) is 29.1 Å². The van der Waals surface area contributed by atoms with Crippen LogP contribution >= 0.6 is 0 Å². The van der Waals surface area contributed by atoms with E-state index in [2.05, 4.69) is 20.1 Å². The van der Waals surface area contributed by atoms with E-state index in [1.54, 1.807) is 0 Å². The lowest BCUT2D eigenvalue weighted by molar-refractivity contribution is -0.143. The maximum atomic E-state index is 11.9. The van der Waals surface area contributed by atoms with Gasteiger partial charge in [0.1, 0.15) is 17.7 Å². The van der Waals surface area contributed by atoms with Gasteiger partial charge in [-0.25, -0.2) is 0 Å². The first-order valence-corrected chi connectivity index (χ1v) is 7.29. The van der Waals surface area contributed by atoms with Gasteiger partial charge in [-0.2, -0.15) is 0 Å². The van der Waals surface area contributed by atoms with Crippen LogP contribution in [0.1, 0.15) is 30.9 Å². The number of carbonyl (C=O) groups excluding carboxylic acids is 1. The Hall–Kier alpha value is -1.96. The number of fused-ring (bicyclic) bond motifs is 1. The largest absolute Gasteiger partial charge is 0.481 e. The van der Waals surface area contributed by atoms with E-state index in [0.717, 1.165) is 37.5 Å². The standard InChI is InChI=1S/C13H19N5O3/c19-12(20)7-9-13(21)14-4-6-17(9)8-11-16-15-10-3-1-2-5-18(10)11/h9H,1-8H2,(H,14,21)(H,19,20). The van der Waals surface area contributed by atoms with Gasteiger partial charge in [0.25, 0.3) is 0 Å². The van der Waals surface area contributed by atoms with E-state index in [9.17, 15) is 9.59 Å². The topological polar surface area (TPSA) is 100 Å². The molecule has 1 aromatic rings. The second kappa shape index (κ2) is 5.80. The molecule has 2 N–H and O–H groups in total. The molecular weight excluding hydrogens is 274 g/mol. The zero-order valence-corrected chi connectivity index (χ0v) is 11.8. The highest BCUT2D eigenvalue weighted by Gasteiger charge is 2.32. The average molecular weight is 293 g/mol. The van der Waals surface area contributed by atoms with Gasteiger partial charge in [0.05, 0.1) is 13.0 Å². The third-order valence-electron chi connectivity index (χ3n) is 4.09. The van der Waals surface area contributed by atoms with Gasteiger partial charge in [0.2, 0.25) is 5.91 Å². The van der Waals surface area contributed by atoms with Crippen molar-refractivity contribution in [3.8, 4) is 0 Å². The van der Waals surface area contributed by atoms with Crippen LogP contribution < -0.4 is 5.32 Å². The number of carboxylic acids is 1. The lowest BCUT2D eigenvalue weighted by Gasteiger charge is -2.33. The molecule has 21 heavy (non-hydrogen) atoms. The van der Waals surface area contributed by atoms with Gasteiger partial charge in [0.15, 0.2) is 0 Å². The second-order valence-electron chi connectivity index (χ2n) is 5.52. The van der Waals surface area contributed by atoms with E-state index in [1.165, 1.54) is 0 Å². The predicted molar refractivity (Wildman–Crippen MR) is 72.4 cm³/mol. The average Bonchev–Trinajstić information content (AvgIpc) is 2.86. The van der Waals surface area contributed by atoms with Crippen molar-refractivity contribution in [2.24, 2.45) is 0 Å². The summed E-state index contributed by atoms with van der Waals surface area (Å²) >= 11 is 0. The summed E-state index contributed by atoms with van der Waals surface area (Å²) in [4.78, 5) is 24.7. The molecule has 0 bridgehead atoms. The Bertz CT molecular complexity index is 556. The summed E-state index contributed by atoms with van der Waals surface area (Å²) in [6, 6.07) is -0.632. The Morgan fingerprint density at radius 2 is 2.19 bits per heavy atom. The number of hydrogen-bond donors (Lipinski definition) is 2. The molecule has 1 atom stereocenters. The molecule has 1 amide bonds. The number of aliphatic carboxylic acids is 1. The van der Waals surface area contributed by atoms with Crippen LogP contribution in [0, 0.1) is 0 Å². The summed E-state index contributed by atoms with van der Waals surface area (Å²) in [6.45, 7) is 2.54. The van der Waals surface area contributed by atoms with E-state index >= 15 is 0 Å². The maximum Gasteiger partial charge on any atom is 0.305 e. The van der Waals surface area contributed by atoms with Gasteiger partial charge in [-0.15, -0.1) is 10.2 Å². The lowest BCUT2D eigenvalue weighted by Crippen LogP contribution is -2.55. The van der Waals surface area contributed by atoms with E-state index in [0.29, 0.717) is 19.6 Å². The fourth-order valence-corrected chi connectivity index (χ4v) is 3.01. The highest BCUT2D eigenvalue weighted by atomic mass is 16.4. The van der Waals surface area contributed by atoms with E-state index in [-0.39, 0.29) is 12.3 Å². The van der Waals surface area contributed by atoms with E-state index < -0.39 is 12.0 Å². The lowest BCUT2D eigenvalue weighted by atomic mass is 10.1. The zero-order chi connectivity index (χ0) is 14.8. The normalized spacial score (nSPS) is 22.7. The third-order valence-corrected chi connectivity index (χ3v) is 4.09. The molecule has 0 aliphatic carbocycles. The van der Waals surface area contributed by atoms with Crippen molar-refractivity contribution < 1.29 is 14.7 Å². The summed E-state index contributed by atoms with van der Waals surface area (Å²) < 4.78 is 2.10. The molecule has 8 nitrogen and oxygen atoms in total. The summed E-state index contributed by atoms with van der Waals surface area (Å²) in [7, 11) is 0. The van der Waals surface area contributed by atoms with Crippen molar-refractivity contribution in [1.29, 1.82) is 0 Å². The van der Waals surface area contributed by atoms with Gasteiger partial charge in [-0.05, 0) is 12.8 Å². The van der Waals surface area contributed by atoms with Gasteiger partial charge >= 0.3 is 5.97 Å². The molecule has 1 saturated heterocycles.